The second-order valence-corrected chi connectivity index (χ2v) is 7.60. The highest BCUT2D eigenvalue weighted by Gasteiger charge is 2.16. The van der Waals surface area contributed by atoms with Crippen LogP contribution in [0.2, 0.25) is 0 Å². The van der Waals surface area contributed by atoms with Crippen molar-refractivity contribution in [3.8, 4) is 33.5 Å². The van der Waals surface area contributed by atoms with Gasteiger partial charge in [0.1, 0.15) is 18.9 Å². The molecular weight excluding hydrogens is 406 g/mol. The third-order valence-corrected chi connectivity index (χ3v) is 5.40. The molecule has 152 valence electrons. The Morgan fingerprint density at radius 1 is 0.967 bits per heavy atom. The second-order valence-electron chi connectivity index (χ2n) is 6.65. The zero-order valence-electron chi connectivity index (χ0n) is 15.8. The number of carbonyl (C=O) groups excluding carboxylic acids is 1. The summed E-state index contributed by atoms with van der Waals surface area (Å²) in [6.07, 6.45) is 0.101. The van der Waals surface area contributed by atoms with E-state index in [1.54, 1.807) is 17.4 Å². The van der Waals surface area contributed by atoms with Crippen LogP contribution in [0.4, 0.5) is 0 Å². The fourth-order valence-electron chi connectivity index (χ4n) is 3.07. The summed E-state index contributed by atoms with van der Waals surface area (Å²) < 4.78 is 21.8. The number of aromatic nitrogens is 2. The lowest BCUT2D eigenvalue weighted by Gasteiger charge is -2.18. The van der Waals surface area contributed by atoms with Gasteiger partial charge in [-0.25, -0.2) is 0 Å². The van der Waals surface area contributed by atoms with Crippen LogP contribution in [0.3, 0.4) is 0 Å². The van der Waals surface area contributed by atoms with Crippen LogP contribution in [0.15, 0.2) is 56.9 Å². The van der Waals surface area contributed by atoms with E-state index in [4.69, 9.17) is 18.5 Å². The average Bonchev–Trinajstić information content (AvgIpc) is 3.53. The Hall–Kier alpha value is -3.59. The van der Waals surface area contributed by atoms with Crippen molar-refractivity contribution in [2.75, 3.05) is 13.2 Å². The van der Waals surface area contributed by atoms with Crippen LogP contribution < -0.4 is 14.8 Å². The number of hydrogen-bond donors (Lipinski definition) is 1. The van der Waals surface area contributed by atoms with Crippen molar-refractivity contribution in [2.45, 2.75) is 13.0 Å². The molecule has 0 spiro atoms. The lowest BCUT2D eigenvalue weighted by atomic mass is 10.1. The maximum atomic E-state index is 12.3. The molecule has 30 heavy (non-hydrogen) atoms. The molecule has 0 atom stereocenters. The molecule has 0 radical (unpaired) electrons. The lowest BCUT2D eigenvalue weighted by molar-refractivity contribution is -0.120. The highest BCUT2D eigenvalue weighted by atomic mass is 32.1. The van der Waals surface area contributed by atoms with Gasteiger partial charge in [0.2, 0.25) is 5.91 Å². The molecule has 0 unspecified atom stereocenters. The van der Waals surface area contributed by atoms with Crippen LogP contribution >= 0.6 is 11.3 Å². The van der Waals surface area contributed by atoms with Gasteiger partial charge in [-0.15, -0.1) is 11.3 Å². The number of fused-ring (bicyclic) bond motifs is 1. The van der Waals surface area contributed by atoms with Gasteiger partial charge in [0.15, 0.2) is 23.0 Å². The Bertz CT molecular complexity index is 1170. The number of nitrogens with one attached hydrogen (secondary N) is 1. The lowest BCUT2D eigenvalue weighted by Crippen LogP contribution is -2.24. The molecule has 1 amide bonds. The standard InChI is InChI=1S/C21H17N3O5S/c25-21(22-12-15-10-19(29-24-15)20-2-1-7-30-20)11-14-9-17(28-23-14)13-3-4-16-18(8-13)27-6-5-26-16/h1-4,7-10H,5-6,11-12H2,(H,22,25). The first-order valence-electron chi connectivity index (χ1n) is 9.36. The summed E-state index contributed by atoms with van der Waals surface area (Å²) in [4.78, 5) is 13.3. The first-order valence-corrected chi connectivity index (χ1v) is 10.2. The predicted octanol–water partition coefficient (Wildman–Crippen LogP) is 3.69. The number of amides is 1. The molecule has 0 saturated heterocycles. The third-order valence-electron chi connectivity index (χ3n) is 4.52. The van der Waals surface area contributed by atoms with Crippen molar-refractivity contribution in [1.82, 2.24) is 15.6 Å². The molecule has 1 aromatic carbocycles. The summed E-state index contributed by atoms with van der Waals surface area (Å²) in [6, 6.07) is 13.0. The van der Waals surface area contributed by atoms with Gasteiger partial charge < -0.3 is 23.8 Å². The minimum absolute atomic E-state index is 0.101. The van der Waals surface area contributed by atoms with E-state index in [1.165, 1.54) is 0 Å². The summed E-state index contributed by atoms with van der Waals surface area (Å²) in [5, 5.41) is 12.8. The SMILES string of the molecule is O=C(Cc1cc(-c2ccc3c(c2)OCCO3)on1)NCc1cc(-c2cccs2)on1. The molecule has 9 heteroatoms. The summed E-state index contributed by atoms with van der Waals surface area (Å²) in [5.74, 6) is 2.45. The maximum Gasteiger partial charge on any atom is 0.226 e. The van der Waals surface area contributed by atoms with Gasteiger partial charge in [0, 0.05) is 17.7 Å². The van der Waals surface area contributed by atoms with Crippen molar-refractivity contribution >= 4 is 17.2 Å². The summed E-state index contributed by atoms with van der Waals surface area (Å²) in [6.45, 7) is 1.33. The van der Waals surface area contributed by atoms with Crippen molar-refractivity contribution in [2.24, 2.45) is 0 Å². The van der Waals surface area contributed by atoms with E-state index in [0.717, 1.165) is 10.4 Å². The monoisotopic (exact) mass is 423 g/mol. The Morgan fingerprint density at radius 3 is 2.63 bits per heavy atom. The summed E-state index contributed by atoms with van der Waals surface area (Å²) in [7, 11) is 0. The minimum atomic E-state index is -0.183. The van der Waals surface area contributed by atoms with Gasteiger partial charge in [-0.05, 0) is 29.6 Å². The van der Waals surface area contributed by atoms with Crippen molar-refractivity contribution in [3.63, 3.8) is 0 Å². The van der Waals surface area contributed by atoms with Gasteiger partial charge in [0.05, 0.1) is 23.5 Å². The zero-order chi connectivity index (χ0) is 20.3. The number of thiophene rings is 1. The Morgan fingerprint density at radius 2 is 1.77 bits per heavy atom. The van der Waals surface area contributed by atoms with E-state index in [1.807, 2.05) is 41.8 Å². The molecule has 0 saturated carbocycles. The largest absolute Gasteiger partial charge is 0.486 e. The molecule has 3 aromatic heterocycles. The normalized spacial score (nSPS) is 12.7. The molecule has 4 heterocycles. The van der Waals surface area contributed by atoms with E-state index >= 15 is 0 Å². The topological polar surface area (TPSA) is 99.6 Å². The molecule has 1 N–H and O–H groups in total. The van der Waals surface area contributed by atoms with Crippen molar-refractivity contribution in [1.29, 1.82) is 0 Å². The number of carbonyl (C=O) groups is 1. The van der Waals surface area contributed by atoms with Crippen LogP contribution in [0.25, 0.3) is 22.0 Å². The molecule has 1 aliphatic rings. The van der Waals surface area contributed by atoms with Gasteiger partial charge in [0.25, 0.3) is 0 Å². The number of rotatable bonds is 6. The molecule has 8 nitrogen and oxygen atoms in total. The highest BCUT2D eigenvalue weighted by Crippen LogP contribution is 2.34. The van der Waals surface area contributed by atoms with E-state index in [9.17, 15) is 4.79 Å². The highest BCUT2D eigenvalue weighted by molar-refractivity contribution is 7.13. The molecule has 0 fully saturated rings. The van der Waals surface area contributed by atoms with Crippen molar-refractivity contribution in [3.05, 3.63) is 59.2 Å². The Kier molecular flexibility index (Phi) is 4.94. The average molecular weight is 423 g/mol. The summed E-state index contributed by atoms with van der Waals surface area (Å²) >= 11 is 1.57. The van der Waals surface area contributed by atoms with Gasteiger partial charge in [-0.1, -0.05) is 16.4 Å². The first-order chi connectivity index (χ1) is 14.7. The molecule has 5 rings (SSSR count). The Labute approximate surface area is 175 Å². The Balaban J connectivity index is 1.19. The molecule has 4 aromatic rings. The fraction of sp³-hybridized carbons (Fsp3) is 0.190. The maximum absolute atomic E-state index is 12.3. The predicted molar refractivity (Wildman–Crippen MR) is 108 cm³/mol. The smallest absolute Gasteiger partial charge is 0.226 e. The number of benzene rings is 1. The minimum Gasteiger partial charge on any atom is -0.486 e. The summed E-state index contributed by atoms with van der Waals surface area (Å²) in [5.41, 5.74) is 2.00. The van der Waals surface area contributed by atoms with Gasteiger partial charge in [-0.3, -0.25) is 4.79 Å². The van der Waals surface area contributed by atoms with E-state index in [2.05, 4.69) is 15.6 Å². The molecule has 0 aliphatic carbocycles. The second kappa shape index (κ2) is 8.03. The first kappa shape index (κ1) is 18.4. The molecule has 0 bridgehead atoms. The molecule has 1 aliphatic heterocycles. The van der Waals surface area contributed by atoms with E-state index in [-0.39, 0.29) is 18.9 Å². The fourth-order valence-corrected chi connectivity index (χ4v) is 3.75. The van der Waals surface area contributed by atoms with E-state index in [0.29, 0.717) is 47.6 Å². The van der Waals surface area contributed by atoms with Crippen LogP contribution in [-0.4, -0.2) is 29.4 Å². The van der Waals surface area contributed by atoms with Crippen LogP contribution in [0, 0.1) is 0 Å². The van der Waals surface area contributed by atoms with E-state index < -0.39 is 0 Å². The van der Waals surface area contributed by atoms with Crippen LogP contribution in [0.1, 0.15) is 11.4 Å². The quantitative estimate of drug-likeness (QED) is 0.505. The third kappa shape index (κ3) is 3.92. The van der Waals surface area contributed by atoms with Gasteiger partial charge >= 0.3 is 0 Å². The number of nitrogens with zero attached hydrogens (tertiary/aromatic N) is 2. The number of hydrogen-bond acceptors (Lipinski definition) is 8. The zero-order valence-corrected chi connectivity index (χ0v) is 16.6. The van der Waals surface area contributed by atoms with Crippen LogP contribution in [-0.2, 0) is 17.8 Å². The van der Waals surface area contributed by atoms with Gasteiger partial charge in [-0.2, -0.15) is 0 Å². The van der Waals surface area contributed by atoms with Crippen molar-refractivity contribution < 1.29 is 23.3 Å². The van der Waals surface area contributed by atoms with Crippen LogP contribution in [0.5, 0.6) is 11.5 Å². The molecular formula is C21H17N3O5S. The number of ether oxygens (including phenoxy) is 2.